The summed E-state index contributed by atoms with van der Waals surface area (Å²) >= 11 is 0. The summed E-state index contributed by atoms with van der Waals surface area (Å²) in [5.74, 6) is -0.784. The van der Waals surface area contributed by atoms with Crippen molar-refractivity contribution in [3.8, 4) is 0 Å². The number of carbonyl (C=O) groups is 4. The van der Waals surface area contributed by atoms with Gasteiger partial charge in [-0.25, -0.2) is 0 Å². The lowest BCUT2D eigenvalue weighted by Crippen LogP contribution is -2.35. The third-order valence-corrected chi connectivity index (χ3v) is 11.3. The highest BCUT2D eigenvalue weighted by Crippen LogP contribution is 2.22. The molecule has 0 radical (unpaired) electrons. The van der Waals surface area contributed by atoms with Gasteiger partial charge in [-0.1, -0.05) is 176 Å². The number of aliphatic hydroxyl groups is 1. The van der Waals surface area contributed by atoms with Crippen molar-refractivity contribution in [2.24, 2.45) is 0 Å². The zero-order valence-corrected chi connectivity index (χ0v) is 38.5. The second-order valence-electron chi connectivity index (χ2n) is 16.7. The van der Waals surface area contributed by atoms with Gasteiger partial charge in [-0.3, -0.25) is 19.2 Å². The minimum absolute atomic E-state index is 0.101. The molecule has 0 rings (SSSR count). The predicted molar refractivity (Wildman–Crippen MR) is 237 cm³/mol. The summed E-state index contributed by atoms with van der Waals surface area (Å²) in [6, 6.07) is 0. The fourth-order valence-electron chi connectivity index (χ4n) is 7.44. The standard InChI is InChI=1S/C49H92O9/c1-6-11-13-15-25-31-37-43(56-46(51)8-3)42(50)36-30-24-23-28-34-40-49(54)55-41-35-29-22-20-18-17-19-21-27-33-39-45(58-48(53)10-5)44(57-47(52)9-4)38-32-26-16-14-12-7-2/h42-45,50H,6-41H2,1-5H3. The maximum Gasteiger partial charge on any atom is 0.305 e. The van der Waals surface area contributed by atoms with Crippen LogP contribution in [0.1, 0.15) is 259 Å². The minimum Gasteiger partial charge on any atom is -0.466 e. The van der Waals surface area contributed by atoms with E-state index in [2.05, 4.69) is 13.8 Å². The van der Waals surface area contributed by atoms with Crippen LogP contribution in [0.5, 0.6) is 0 Å². The van der Waals surface area contributed by atoms with Gasteiger partial charge in [0.25, 0.3) is 0 Å². The molecule has 4 unspecified atom stereocenters. The Morgan fingerprint density at radius 3 is 1.07 bits per heavy atom. The van der Waals surface area contributed by atoms with Gasteiger partial charge in [-0.2, -0.15) is 0 Å². The van der Waals surface area contributed by atoms with Gasteiger partial charge < -0.3 is 24.1 Å². The van der Waals surface area contributed by atoms with E-state index < -0.39 is 12.2 Å². The smallest absolute Gasteiger partial charge is 0.305 e. The van der Waals surface area contributed by atoms with Crippen LogP contribution in [0.2, 0.25) is 0 Å². The van der Waals surface area contributed by atoms with Crippen molar-refractivity contribution >= 4 is 23.9 Å². The van der Waals surface area contributed by atoms with Crippen molar-refractivity contribution in [2.45, 2.75) is 284 Å². The number of rotatable bonds is 43. The van der Waals surface area contributed by atoms with Crippen LogP contribution in [0.15, 0.2) is 0 Å². The third-order valence-electron chi connectivity index (χ3n) is 11.3. The topological polar surface area (TPSA) is 125 Å². The first-order valence-corrected chi connectivity index (χ1v) is 24.6. The number of hydrogen-bond donors (Lipinski definition) is 1. The highest BCUT2D eigenvalue weighted by atomic mass is 16.6. The third kappa shape index (κ3) is 34.7. The summed E-state index contributed by atoms with van der Waals surface area (Å²) in [5.41, 5.74) is 0. The number of aliphatic hydroxyl groups excluding tert-OH is 1. The van der Waals surface area contributed by atoms with Gasteiger partial charge in [-0.15, -0.1) is 0 Å². The van der Waals surface area contributed by atoms with Crippen molar-refractivity contribution in [2.75, 3.05) is 6.61 Å². The number of carbonyl (C=O) groups excluding carboxylic acids is 4. The molecule has 0 saturated carbocycles. The van der Waals surface area contributed by atoms with E-state index in [9.17, 15) is 24.3 Å². The Bertz CT molecular complexity index is 970. The van der Waals surface area contributed by atoms with Crippen molar-refractivity contribution in [3.63, 3.8) is 0 Å². The van der Waals surface area contributed by atoms with Gasteiger partial charge in [0.2, 0.25) is 0 Å². The van der Waals surface area contributed by atoms with Crippen LogP contribution in [0.3, 0.4) is 0 Å². The van der Waals surface area contributed by atoms with E-state index in [1.54, 1.807) is 20.8 Å². The molecule has 4 atom stereocenters. The number of esters is 4. The van der Waals surface area contributed by atoms with Crippen LogP contribution >= 0.6 is 0 Å². The molecule has 0 amide bonds. The van der Waals surface area contributed by atoms with Crippen LogP contribution in [-0.4, -0.2) is 60.0 Å². The highest BCUT2D eigenvalue weighted by Gasteiger charge is 2.28. The molecule has 1 N–H and O–H groups in total. The minimum atomic E-state index is -0.609. The fraction of sp³-hybridized carbons (Fsp3) is 0.918. The monoisotopic (exact) mass is 825 g/mol. The first-order chi connectivity index (χ1) is 28.2. The summed E-state index contributed by atoms with van der Waals surface area (Å²) in [4.78, 5) is 48.6. The first kappa shape index (κ1) is 55.8. The van der Waals surface area contributed by atoms with Crippen LogP contribution in [0, 0.1) is 0 Å². The zero-order valence-electron chi connectivity index (χ0n) is 38.5. The summed E-state index contributed by atoms with van der Waals surface area (Å²) in [5, 5.41) is 10.7. The Hall–Kier alpha value is -2.16. The average molecular weight is 825 g/mol. The van der Waals surface area contributed by atoms with Crippen LogP contribution < -0.4 is 0 Å². The predicted octanol–water partition coefficient (Wildman–Crippen LogP) is 13.4. The molecule has 0 aliphatic rings. The van der Waals surface area contributed by atoms with Gasteiger partial charge >= 0.3 is 23.9 Å². The number of ether oxygens (including phenoxy) is 4. The molecule has 0 aliphatic heterocycles. The molecule has 9 heteroatoms. The molecule has 0 aliphatic carbocycles. The van der Waals surface area contributed by atoms with Crippen LogP contribution in [0.4, 0.5) is 0 Å². The molecular formula is C49H92O9. The normalized spacial score (nSPS) is 13.4. The van der Waals surface area contributed by atoms with E-state index in [0.29, 0.717) is 38.7 Å². The molecule has 0 heterocycles. The Labute approximate surface area is 356 Å². The molecule has 0 fully saturated rings. The van der Waals surface area contributed by atoms with E-state index in [4.69, 9.17) is 18.9 Å². The summed E-state index contributed by atoms with van der Waals surface area (Å²) in [7, 11) is 0. The fourth-order valence-corrected chi connectivity index (χ4v) is 7.44. The molecule has 0 bridgehead atoms. The lowest BCUT2D eigenvalue weighted by atomic mass is 9.98. The second-order valence-corrected chi connectivity index (χ2v) is 16.7. The summed E-state index contributed by atoms with van der Waals surface area (Å²) in [6.07, 6.45) is 32.5. The number of unbranched alkanes of at least 4 members (excludes halogenated alkanes) is 23. The quantitative estimate of drug-likeness (QED) is 0.0363. The lowest BCUT2D eigenvalue weighted by Gasteiger charge is -2.27. The highest BCUT2D eigenvalue weighted by molar-refractivity contribution is 5.70. The molecule has 342 valence electrons. The van der Waals surface area contributed by atoms with Crippen molar-refractivity contribution in [1.29, 1.82) is 0 Å². The molecule has 58 heavy (non-hydrogen) atoms. The van der Waals surface area contributed by atoms with Gasteiger partial charge in [-0.05, 0) is 57.8 Å². The molecule has 0 spiro atoms. The van der Waals surface area contributed by atoms with Gasteiger partial charge in [0.1, 0.15) is 18.3 Å². The SMILES string of the molecule is CCCCCCCCC(OC(=O)CC)C(O)CCCCCCCC(=O)OCCCCCCCCCCCCC(OC(=O)CC)C(CCCCCCCC)OC(=O)CC. The zero-order chi connectivity index (χ0) is 42.9. The van der Waals surface area contributed by atoms with Crippen molar-refractivity contribution < 1.29 is 43.2 Å². The largest absolute Gasteiger partial charge is 0.466 e. The van der Waals surface area contributed by atoms with E-state index in [-0.39, 0.29) is 36.1 Å². The average Bonchev–Trinajstić information content (AvgIpc) is 3.22. The molecule has 0 saturated heterocycles. The molecular weight excluding hydrogens is 733 g/mol. The Morgan fingerprint density at radius 2 is 0.672 bits per heavy atom. The van der Waals surface area contributed by atoms with E-state index in [1.165, 1.54) is 77.0 Å². The van der Waals surface area contributed by atoms with Crippen LogP contribution in [0.25, 0.3) is 0 Å². The van der Waals surface area contributed by atoms with Gasteiger partial charge in [0.05, 0.1) is 12.7 Å². The van der Waals surface area contributed by atoms with Gasteiger partial charge in [0.15, 0.2) is 0 Å². The Balaban J connectivity index is 4.02. The maximum atomic E-state index is 12.2. The molecule has 0 aromatic heterocycles. The summed E-state index contributed by atoms with van der Waals surface area (Å²) < 4.78 is 22.7. The Kier molecular flexibility index (Phi) is 40.0. The van der Waals surface area contributed by atoms with Crippen molar-refractivity contribution in [1.82, 2.24) is 0 Å². The second kappa shape index (κ2) is 41.6. The van der Waals surface area contributed by atoms with E-state index in [1.807, 2.05) is 0 Å². The van der Waals surface area contributed by atoms with E-state index in [0.717, 1.165) is 116 Å². The number of hydrogen-bond acceptors (Lipinski definition) is 9. The van der Waals surface area contributed by atoms with Gasteiger partial charge in [0, 0.05) is 25.7 Å². The van der Waals surface area contributed by atoms with Crippen molar-refractivity contribution in [3.05, 3.63) is 0 Å². The van der Waals surface area contributed by atoms with E-state index >= 15 is 0 Å². The lowest BCUT2D eigenvalue weighted by molar-refractivity contribution is -0.169. The molecule has 0 aromatic carbocycles. The molecule has 9 nitrogen and oxygen atoms in total. The first-order valence-electron chi connectivity index (χ1n) is 24.6. The Morgan fingerprint density at radius 1 is 0.362 bits per heavy atom. The van der Waals surface area contributed by atoms with Crippen LogP contribution in [-0.2, 0) is 38.1 Å². The summed E-state index contributed by atoms with van der Waals surface area (Å²) in [6.45, 7) is 10.3. The maximum absolute atomic E-state index is 12.2. The molecule has 0 aromatic rings.